The average molecular weight is 416 g/mol. The molecule has 0 spiro atoms. The average Bonchev–Trinajstić information content (AvgIpc) is 2.45. The Kier molecular flexibility index (Phi) is 5.39. The van der Waals surface area contributed by atoms with Crippen molar-refractivity contribution in [3.63, 3.8) is 0 Å². The minimum Gasteiger partial charge on any atom is -0.442 e. The van der Waals surface area contributed by atoms with Gasteiger partial charge in [0.1, 0.15) is 11.4 Å². The zero-order valence-corrected chi connectivity index (χ0v) is 15.9. The highest BCUT2D eigenvalue weighted by Gasteiger charge is 2.21. The van der Waals surface area contributed by atoms with Gasteiger partial charge in [-0.25, -0.2) is 4.79 Å². The van der Waals surface area contributed by atoms with Crippen molar-refractivity contribution in [2.45, 2.75) is 19.4 Å². The number of halogens is 1. The van der Waals surface area contributed by atoms with Gasteiger partial charge in [0, 0.05) is 10.7 Å². The van der Waals surface area contributed by atoms with Crippen LogP contribution in [0.1, 0.15) is 13.8 Å². The normalized spacial score (nSPS) is 12.0. The number of hydrogen-bond acceptors (Lipinski definition) is 5. The van der Waals surface area contributed by atoms with Gasteiger partial charge in [0.15, 0.2) is 0 Å². The fraction of sp³-hybridized carbons (Fsp3) is 0.312. The highest BCUT2D eigenvalue weighted by atomic mass is 79.9. The van der Waals surface area contributed by atoms with E-state index in [-0.39, 0.29) is 5.75 Å². The number of rotatable bonds is 5. The van der Waals surface area contributed by atoms with Crippen LogP contribution in [-0.4, -0.2) is 31.7 Å². The van der Waals surface area contributed by atoms with Crippen molar-refractivity contribution >= 4 is 48.6 Å². The molecule has 0 bridgehead atoms. The smallest absolute Gasteiger partial charge is 0.412 e. The van der Waals surface area contributed by atoms with Gasteiger partial charge in [0.25, 0.3) is 0 Å². The van der Waals surface area contributed by atoms with Gasteiger partial charge in [0.2, 0.25) is 0 Å². The Morgan fingerprint density at radius 1 is 1.25 bits per heavy atom. The van der Waals surface area contributed by atoms with Gasteiger partial charge in [-0.05, 0) is 43.5 Å². The minimum absolute atomic E-state index is 0.213. The van der Waals surface area contributed by atoms with Gasteiger partial charge < -0.3 is 8.92 Å². The maximum absolute atomic E-state index is 12.0. The number of nitrogens with one attached hydrogen (secondary N) is 1. The van der Waals surface area contributed by atoms with Gasteiger partial charge in [-0.1, -0.05) is 28.1 Å². The summed E-state index contributed by atoms with van der Waals surface area (Å²) in [6.45, 7) is 3.58. The highest BCUT2D eigenvalue weighted by molar-refractivity contribution is 9.09. The third kappa shape index (κ3) is 5.10. The van der Waals surface area contributed by atoms with Crippen molar-refractivity contribution in [1.82, 2.24) is 0 Å². The Morgan fingerprint density at radius 3 is 2.58 bits per heavy atom. The van der Waals surface area contributed by atoms with Crippen molar-refractivity contribution in [2.24, 2.45) is 0 Å². The van der Waals surface area contributed by atoms with Crippen LogP contribution in [0.4, 0.5) is 10.5 Å². The summed E-state index contributed by atoms with van der Waals surface area (Å²) in [5.74, 6) is 0.213. The third-order valence-electron chi connectivity index (χ3n) is 3.03. The number of ether oxygens (including phenoxy) is 1. The van der Waals surface area contributed by atoms with Gasteiger partial charge in [-0.2, -0.15) is 8.42 Å². The Morgan fingerprint density at radius 2 is 1.96 bits per heavy atom. The van der Waals surface area contributed by atoms with Crippen LogP contribution in [0.15, 0.2) is 36.4 Å². The lowest BCUT2D eigenvalue weighted by molar-refractivity contribution is 0.0680. The quantitative estimate of drug-likeness (QED) is 0.591. The van der Waals surface area contributed by atoms with Gasteiger partial charge in [-0.15, -0.1) is 0 Å². The summed E-state index contributed by atoms with van der Waals surface area (Å²) >= 11 is 3.29. The minimum atomic E-state index is -3.59. The maximum Gasteiger partial charge on any atom is 0.412 e. The topological polar surface area (TPSA) is 81.7 Å². The number of amides is 1. The number of carbonyl (C=O) groups is 1. The first-order valence-corrected chi connectivity index (χ1v) is 10.0. The molecule has 2 rings (SSSR count). The van der Waals surface area contributed by atoms with E-state index in [1.54, 1.807) is 44.2 Å². The zero-order chi connectivity index (χ0) is 18.0. The van der Waals surface area contributed by atoms with Crippen LogP contribution in [0.3, 0.4) is 0 Å². The van der Waals surface area contributed by atoms with Crippen LogP contribution in [0.2, 0.25) is 0 Å². The molecule has 0 heterocycles. The van der Waals surface area contributed by atoms with Crippen LogP contribution in [0, 0.1) is 0 Å². The molecule has 0 saturated carbocycles. The number of anilines is 1. The second kappa shape index (κ2) is 6.98. The Hall–Kier alpha value is -1.80. The molecule has 0 fully saturated rings. The number of fused-ring (bicyclic) bond motifs is 1. The monoisotopic (exact) mass is 415 g/mol. The highest BCUT2D eigenvalue weighted by Crippen LogP contribution is 2.28. The molecule has 2 aromatic carbocycles. The van der Waals surface area contributed by atoms with Gasteiger partial charge >= 0.3 is 16.2 Å². The molecule has 0 aromatic heterocycles. The van der Waals surface area contributed by atoms with E-state index >= 15 is 0 Å². The summed E-state index contributed by atoms with van der Waals surface area (Å²) in [5.41, 5.74) is -0.0701. The molecule has 24 heavy (non-hydrogen) atoms. The number of hydrogen-bond donors (Lipinski definition) is 1. The molecule has 6 nitrogen and oxygen atoms in total. The SMILES string of the molecule is CC(C)(CBr)OC(=O)Nc1cccc2cc(OS(C)(=O)=O)ccc12. The second-order valence-electron chi connectivity index (χ2n) is 5.88. The fourth-order valence-electron chi connectivity index (χ4n) is 2.01. The van der Waals surface area contributed by atoms with Crippen molar-refractivity contribution in [2.75, 3.05) is 16.9 Å². The predicted octanol–water partition coefficient (Wildman–Crippen LogP) is 3.90. The van der Waals surface area contributed by atoms with Gasteiger partial charge in [-0.3, -0.25) is 5.32 Å². The number of carbonyl (C=O) groups excluding carboxylic acids is 1. The van der Waals surface area contributed by atoms with E-state index in [0.29, 0.717) is 11.0 Å². The third-order valence-corrected chi connectivity index (χ3v) is 4.87. The van der Waals surface area contributed by atoms with E-state index in [9.17, 15) is 13.2 Å². The molecule has 0 saturated heterocycles. The molecule has 0 aliphatic carbocycles. The second-order valence-corrected chi connectivity index (χ2v) is 8.02. The Labute approximate surface area is 149 Å². The molecule has 1 N–H and O–H groups in total. The van der Waals surface area contributed by atoms with Crippen LogP contribution in [-0.2, 0) is 14.9 Å². The molecule has 2 aromatic rings. The molecular weight excluding hydrogens is 398 g/mol. The fourth-order valence-corrected chi connectivity index (χ4v) is 2.58. The summed E-state index contributed by atoms with van der Waals surface area (Å²) < 4.78 is 32.6. The molecule has 0 aliphatic rings. The van der Waals surface area contributed by atoms with Crippen LogP contribution >= 0.6 is 15.9 Å². The lowest BCUT2D eigenvalue weighted by Gasteiger charge is -2.22. The van der Waals surface area contributed by atoms with Crippen molar-refractivity contribution in [3.8, 4) is 5.75 Å². The van der Waals surface area contributed by atoms with E-state index in [4.69, 9.17) is 8.92 Å². The summed E-state index contributed by atoms with van der Waals surface area (Å²) in [6.07, 6.45) is 0.417. The predicted molar refractivity (Wildman–Crippen MR) is 97.4 cm³/mol. The molecular formula is C16H18BrNO5S. The Balaban J connectivity index is 2.27. The molecule has 130 valence electrons. The standard InChI is InChI=1S/C16H18BrNO5S/c1-16(2,10-17)22-15(19)18-14-6-4-5-11-9-12(7-8-13(11)14)23-24(3,20)21/h4-9H,10H2,1-3H3,(H,18,19). The van der Waals surface area contributed by atoms with E-state index < -0.39 is 21.8 Å². The molecule has 8 heteroatoms. The van der Waals surface area contributed by atoms with E-state index in [1.807, 2.05) is 0 Å². The maximum atomic E-state index is 12.0. The van der Waals surface area contributed by atoms with Crippen LogP contribution < -0.4 is 9.50 Å². The molecule has 0 atom stereocenters. The number of alkyl halides is 1. The summed E-state index contributed by atoms with van der Waals surface area (Å²) in [5, 5.41) is 4.68. The molecule has 0 unspecified atom stereocenters. The van der Waals surface area contributed by atoms with Crippen LogP contribution in [0.25, 0.3) is 10.8 Å². The summed E-state index contributed by atoms with van der Waals surface area (Å²) in [4.78, 5) is 12.0. The van der Waals surface area contributed by atoms with E-state index in [1.165, 1.54) is 6.07 Å². The Bertz CT molecular complexity index is 864. The van der Waals surface area contributed by atoms with Crippen molar-refractivity contribution in [3.05, 3.63) is 36.4 Å². The summed E-state index contributed by atoms with van der Waals surface area (Å²) in [6, 6.07) is 10.1. The molecule has 1 amide bonds. The lowest BCUT2D eigenvalue weighted by Crippen LogP contribution is -2.32. The largest absolute Gasteiger partial charge is 0.442 e. The van der Waals surface area contributed by atoms with Crippen LogP contribution in [0.5, 0.6) is 5.75 Å². The van der Waals surface area contributed by atoms with Crippen molar-refractivity contribution < 1.29 is 22.1 Å². The first kappa shape index (κ1) is 18.5. The number of benzene rings is 2. The van der Waals surface area contributed by atoms with E-state index in [2.05, 4.69) is 21.2 Å². The molecule has 0 aliphatic heterocycles. The first-order valence-electron chi connectivity index (χ1n) is 7.08. The van der Waals surface area contributed by atoms with Crippen molar-refractivity contribution in [1.29, 1.82) is 0 Å². The van der Waals surface area contributed by atoms with Gasteiger partial charge in [0.05, 0.1) is 11.9 Å². The zero-order valence-electron chi connectivity index (χ0n) is 13.5. The van der Waals surface area contributed by atoms with E-state index in [0.717, 1.165) is 17.0 Å². The summed E-state index contributed by atoms with van der Waals surface area (Å²) in [7, 11) is -3.59. The first-order chi connectivity index (χ1) is 11.1. The lowest BCUT2D eigenvalue weighted by atomic mass is 10.1. The molecule has 0 radical (unpaired) electrons.